The molecule has 27 heavy (non-hydrogen) atoms. The number of nitrogens with one attached hydrogen (secondary N) is 1. The van der Waals surface area contributed by atoms with Crippen LogP contribution in [0.15, 0.2) is 42.5 Å². The predicted molar refractivity (Wildman–Crippen MR) is 106 cm³/mol. The molecule has 1 atom stereocenters. The summed E-state index contributed by atoms with van der Waals surface area (Å²) < 4.78 is 10.5. The van der Waals surface area contributed by atoms with E-state index >= 15 is 0 Å². The normalized spacial score (nSPS) is 15.1. The maximum Gasteiger partial charge on any atom is 0.238 e. The predicted octanol–water partition coefficient (Wildman–Crippen LogP) is 3.27. The minimum Gasteiger partial charge on any atom is -0.497 e. The molecule has 2 aromatic rings. The SMILES string of the molecule is C#CCN(CC(=O)Nc1cc(OC)cc(OC)c1)[C@@H]1CCc2ccccc21. The monoisotopic (exact) mass is 364 g/mol. The molecular formula is C22H24N2O3. The Balaban J connectivity index is 1.72. The van der Waals surface area contributed by atoms with Gasteiger partial charge in [-0.05, 0) is 24.0 Å². The molecule has 0 heterocycles. The Bertz CT molecular complexity index is 835. The molecule has 5 heteroatoms. The molecule has 0 spiro atoms. The summed E-state index contributed by atoms with van der Waals surface area (Å²) in [5, 5.41) is 2.92. The van der Waals surface area contributed by atoms with Gasteiger partial charge in [0.05, 0.1) is 27.3 Å². The molecule has 5 nitrogen and oxygen atoms in total. The van der Waals surface area contributed by atoms with E-state index in [1.54, 1.807) is 32.4 Å². The number of benzene rings is 2. The Hall–Kier alpha value is -2.97. The van der Waals surface area contributed by atoms with Gasteiger partial charge >= 0.3 is 0 Å². The highest BCUT2D eigenvalue weighted by Crippen LogP contribution is 2.35. The fourth-order valence-corrected chi connectivity index (χ4v) is 3.57. The molecule has 0 aromatic heterocycles. The summed E-state index contributed by atoms with van der Waals surface area (Å²) in [5.74, 6) is 3.81. The molecule has 0 unspecified atom stereocenters. The summed E-state index contributed by atoms with van der Waals surface area (Å²) in [4.78, 5) is 14.7. The van der Waals surface area contributed by atoms with E-state index in [1.165, 1.54) is 11.1 Å². The minimum atomic E-state index is -0.120. The van der Waals surface area contributed by atoms with Crippen LogP contribution >= 0.6 is 0 Å². The fourth-order valence-electron chi connectivity index (χ4n) is 3.57. The quantitative estimate of drug-likeness (QED) is 0.766. The van der Waals surface area contributed by atoms with E-state index in [1.807, 2.05) is 6.07 Å². The number of amides is 1. The molecule has 0 aliphatic heterocycles. The maximum atomic E-state index is 12.7. The van der Waals surface area contributed by atoms with Crippen molar-refractivity contribution in [1.29, 1.82) is 0 Å². The highest BCUT2D eigenvalue weighted by atomic mass is 16.5. The minimum absolute atomic E-state index is 0.120. The van der Waals surface area contributed by atoms with E-state index < -0.39 is 0 Å². The Labute approximate surface area is 160 Å². The third kappa shape index (κ3) is 4.42. The van der Waals surface area contributed by atoms with Crippen molar-refractivity contribution in [2.75, 3.05) is 32.6 Å². The van der Waals surface area contributed by atoms with Crippen LogP contribution in [0.1, 0.15) is 23.6 Å². The molecule has 1 N–H and O–H groups in total. The number of ether oxygens (including phenoxy) is 2. The van der Waals surface area contributed by atoms with Crippen LogP contribution in [-0.4, -0.2) is 38.1 Å². The molecular weight excluding hydrogens is 340 g/mol. The molecule has 2 aromatic carbocycles. The van der Waals surface area contributed by atoms with Crippen LogP contribution in [0.25, 0.3) is 0 Å². The van der Waals surface area contributed by atoms with E-state index in [0.717, 1.165) is 12.8 Å². The van der Waals surface area contributed by atoms with Gasteiger partial charge in [0.15, 0.2) is 0 Å². The lowest BCUT2D eigenvalue weighted by Crippen LogP contribution is -2.36. The first-order valence-electron chi connectivity index (χ1n) is 8.93. The van der Waals surface area contributed by atoms with Gasteiger partial charge in [-0.2, -0.15) is 0 Å². The molecule has 3 rings (SSSR count). The van der Waals surface area contributed by atoms with Gasteiger partial charge in [0.2, 0.25) is 5.91 Å². The fraction of sp³-hybridized carbons (Fsp3) is 0.318. The average molecular weight is 364 g/mol. The summed E-state index contributed by atoms with van der Waals surface area (Å²) >= 11 is 0. The van der Waals surface area contributed by atoms with E-state index in [4.69, 9.17) is 15.9 Å². The summed E-state index contributed by atoms with van der Waals surface area (Å²) in [6.07, 6.45) is 7.55. The summed E-state index contributed by atoms with van der Waals surface area (Å²) in [6.45, 7) is 0.649. The molecule has 0 saturated heterocycles. The van der Waals surface area contributed by atoms with Crippen LogP contribution in [-0.2, 0) is 11.2 Å². The van der Waals surface area contributed by atoms with Crippen molar-refractivity contribution in [3.63, 3.8) is 0 Å². The number of rotatable bonds is 7. The van der Waals surface area contributed by atoms with E-state index in [2.05, 4.69) is 34.3 Å². The van der Waals surface area contributed by atoms with Crippen molar-refractivity contribution in [2.24, 2.45) is 0 Å². The number of anilines is 1. The lowest BCUT2D eigenvalue weighted by Gasteiger charge is -2.27. The third-order valence-corrected chi connectivity index (χ3v) is 4.82. The van der Waals surface area contributed by atoms with E-state index in [9.17, 15) is 4.79 Å². The maximum absolute atomic E-state index is 12.7. The van der Waals surface area contributed by atoms with Crippen molar-refractivity contribution in [2.45, 2.75) is 18.9 Å². The third-order valence-electron chi connectivity index (χ3n) is 4.82. The van der Waals surface area contributed by atoms with Crippen LogP contribution in [0.4, 0.5) is 5.69 Å². The van der Waals surface area contributed by atoms with Gasteiger partial charge < -0.3 is 14.8 Å². The average Bonchev–Trinajstić information content (AvgIpc) is 3.11. The molecule has 140 valence electrons. The summed E-state index contributed by atoms with van der Waals surface area (Å²) in [6, 6.07) is 13.8. The zero-order chi connectivity index (χ0) is 19.2. The van der Waals surface area contributed by atoms with Crippen LogP contribution in [0.2, 0.25) is 0 Å². The Morgan fingerprint density at radius 3 is 2.59 bits per heavy atom. The van der Waals surface area contributed by atoms with Crippen LogP contribution in [0, 0.1) is 12.3 Å². The molecule has 0 bridgehead atoms. The topological polar surface area (TPSA) is 50.8 Å². The smallest absolute Gasteiger partial charge is 0.238 e. The van der Waals surface area contributed by atoms with Gasteiger partial charge in [0, 0.05) is 29.9 Å². The van der Waals surface area contributed by atoms with Gasteiger partial charge in [-0.15, -0.1) is 6.42 Å². The second-order valence-corrected chi connectivity index (χ2v) is 6.51. The zero-order valence-electron chi connectivity index (χ0n) is 15.7. The Kier molecular flexibility index (Phi) is 6.00. The second kappa shape index (κ2) is 8.61. The number of hydrogen-bond donors (Lipinski definition) is 1. The van der Waals surface area contributed by atoms with Crippen LogP contribution in [0.5, 0.6) is 11.5 Å². The number of terminal acetylenes is 1. The van der Waals surface area contributed by atoms with Crippen molar-refractivity contribution in [3.05, 3.63) is 53.6 Å². The number of nitrogens with zero attached hydrogens (tertiary/aromatic N) is 1. The van der Waals surface area contributed by atoms with Crippen molar-refractivity contribution in [3.8, 4) is 23.8 Å². The van der Waals surface area contributed by atoms with Gasteiger partial charge in [-0.25, -0.2) is 0 Å². The highest BCUT2D eigenvalue weighted by molar-refractivity contribution is 5.92. The van der Waals surface area contributed by atoms with Gasteiger partial charge in [0.1, 0.15) is 11.5 Å². The van der Waals surface area contributed by atoms with Gasteiger partial charge in [0.25, 0.3) is 0 Å². The van der Waals surface area contributed by atoms with Crippen molar-refractivity contribution < 1.29 is 14.3 Å². The first-order valence-corrected chi connectivity index (χ1v) is 8.93. The molecule has 1 aliphatic rings. The summed E-state index contributed by atoms with van der Waals surface area (Å²) in [5.41, 5.74) is 3.23. The van der Waals surface area contributed by atoms with Crippen molar-refractivity contribution in [1.82, 2.24) is 4.90 Å². The van der Waals surface area contributed by atoms with Gasteiger partial charge in [-0.3, -0.25) is 9.69 Å². The highest BCUT2D eigenvalue weighted by Gasteiger charge is 2.28. The van der Waals surface area contributed by atoms with E-state index in [-0.39, 0.29) is 18.5 Å². The number of hydrogen-bond acceptors (Lipinski definition) is 4. The lowest BCUT2D eigenvalue weighted by molar-refractivity contribution is -0.117. The number of fused-ring (bicyclic) bond motifs is 1. The standard InChI is InChI=1S/C22H24N2O3/c1-4-11-24(21-10-9-16-7-5-6-8-20(16)21)15-22(25)23-17-12-18(26-2)14-19(13-17)27-3/h1,5-8,12-14,21H,9-11,15H2,2-3H3,(H,23,25)/t21-/m1/s1. The first kappa shape index (κ1) is 18.8. The van der Waals surface area contributed by atoms with Crippen LogP contribution < -0.4 is 14.8 Å². The molecule has 0 saturated carbocycles. The largest absolute Gasteiger partial charge is 0.497 e. The van der Waals surface area contributed by atoms with Gasteiger partial charge in [-0.1, -0.05) is 30.2 Å². The number of carbonyl (C=O) groups is 1. The first-order chi connectivity index (χ1) is 13.1. The second-order valence-electron chi connectivity index (χ2n) is 6.51. The number of aryl methyl sites for hydroxylation is 1. The molecule has 1 aliphatic carbocycles. The summed E-state index contributed by atoms with van der Waals surface area (Å²) in [7, 11) is 3.15. The Morgan fingerprint density at radius 1 is 1.22 bits per heavy atom. The number of carbonyl (C=O) groups excluding carboxylic acids is 1. The zero-order valence-corrected chi connectivity index (χ0v) is 15.7. The molecule has 1 amide bonds. The lowest BCUT2D eigenvalue weighted by atomic mass is 10.1. The number of methoxy groups -OCH3 is 2. The Morgan fingerprint density at radius 2 is 1.93 bits per heavy atom. The van der Waals surface area contributed by atoms with Crippen LogP contribution in [0.3, 0.4) is 0 Å². The molecule has 0 radical (unpaired) electrons. The van der Waals surface area contributed by atoms with Crippen molar-refractivity contribution >= 4 is 11.6 Å². The molecule has 0 fully saturated rings. The van der Waals surface area contributed by atoms with E-state index in [0.29, 0.717) is 23.7 Å².